The minimum Gasteiger partial charge on any atom is -0.333 e. The van der Waals surface area contributed by atoms with Gasteiger partial charge >= 0.3 is 0 Å². The van der Waals surface area contributed by atoms with Crippen LogP contribution < -0.4 is 5.32 Å². The molecule has 0 radical (unpaired) electrons. The summed E-state index contributed by atoms with van der Waals surface area (Å²) in [7, 11) is 0. The van der Waals surface area contributed by atoms with Gasteiger partial charge in [-0.15, -0.1) is 0 Å². The molecule has 1 saturated heterocycles. The summed E-state index contributed by atoms with van der Waals surface area (Å²) in [6, 6.07) is 0.598. The number of aromatic nitrogens is 2. The average Bonchev–Trinajstić information content (AvgIpc) is 2.57. The molecule has 66 valence electrons. The highest BCUT2D eigenvalue weighted by molar-refractivity contribution is 4.86. The molecule has 0 spiro atoms. The zero-order valence-electron chi connectivity index (χ0n) is 7.40. The van der Waals surface area contributed by atoms with Crippen LogP contribution in [0.25, 0.3) is 0 Å². The van der Waals surface area contributed by atoms with Gasteiger partial charge in [0.05, 0.1) is 6.33 Å². The first-order valence-electron chi connectivity index (χ1n) is 4.56. The first kappa shape index (κ1) is 7.80. The van der Waals surface area contributed by atoms with E-state index in [-0.39, 0.29) is 0 Å². The van der Waals surface area contributed by atoms with E-state index in [4.69, 9.17) is 0 Å². The van der Waals surface area contributed by atoms with Crippen LogP contribution in [0, 0.1) is 5.92 Å². The second-order valence-corrected chi connectivity index (χ2v) is 3.55. The fraction of sp³-hybridized carbons (Fsp3) is 0.667. The molecule has 1 aliphatic heterocycles. The molecule has 1 aromatic heterocycles. The number of imidazole rings is 1. The summed E-state index contributed by atoms with van der Waals surface area (Å²) >= 11 is 0. The lowest BCUT2D eigenvalue weighted by Gasteiger charge is -2.30. The van der Waals surface area contributed by atoms with Crippen molar-refractivity contribution in [3.8, 4) is 0 Å². The van der Waals surface area contributed by atoms with Crippen LogP contribution in [0.15, 0.2) is 18.7 Å². The Morgan fingerprint density at radius 3 is 3.17 bits per heavy atom. The molecule has 0 bridgehead atoms. The minimum absolute atomic E-state index is 0.598. The molecule has 1 N–H and O–H groups in total. The minimum atomic E-state index is 0.598. The second kappa shape index (κ2) is 3.27. The molecule has 2 atom stereocenters. The summed E-state index contributed by atoms with van der Waals surface area (Å²) in [6.07, 6.45) is 7.08. The Bertz CT molecular complexity index is 230. The van der Waals surface area contributed by atoms with Crippen LogP contribution in [0.5, 0.6) is 0 Å². The predicted molar refractivity (Wildman–Crippen MR) is 47.9 cm³/mol. The van der Waals surface area contributed by atoms with Crippen LogP contribution in [-0.2, 0) is 0 Å². The van der Waals surface area contributed by atoms with Crippen molar-refractivity contribution < 1.29 is 0 Å². The molecule has 0 aliphatic carbocycles. The van der Waals surface area contributed by atoms with E-state index in [9.17, 15) is 0 Å². The van der Waals surface area contributed by atoms with E-state index in [1.54, 1.807) is 0 Å². The van der Waals surface area contributed by atoms with Gasteiger partial charge in [-0.3, -0.25) is 0 Å². The van der Waals surface area contributed by atoms with Crippen molar-refractivity contribution in [3.63, 3.8) is 0 Å². The maximum absolute atomic E-state index is 4.07. The summed E-state index contributed by atoms with van der Waals surface area (Å²) in [6.45, 7) is 4.55. The lowest BCUT2D eigenvalue weighted by atomic mass is 9.95. The van der Waals surface area contributed by atoms with E-state index < -0.39 is 0 Å². The molecule has 12 heavy (non-hydrogen) atoms. The summed E-state index contributed by atoms with van der Waals surface area (Å²) in [4.78, 5) is 4.07. The number of piperidine rings is 1. The predicted octanol–water partition coefficient (Wildman–Crippen LogP) is 1.05. The highest BCUT2D eigenvalue weighted by Crippen LogP contribution is 2.22. The fourth-order valence-corrected chi connectivity index (χ4v) is 1.84. The van der Waals surface area contributed by atoms with Crippen molar-refractivity contribution in [2.24, 2.45) is 5.92 Å². The Labute approximate surface area is 72.8 Å². The van der Waals surface area contributed by atoms with Crippen molar-refractivity contribution in [2.45, 2.75) is 19.4 Å². The molecule has 2 heterocycles. The number of hydrogen-bond donors (Lipinski definition) is 1. The number of rotatable bonds is 1. The van der Waals surface area contributed by atoms with Gasteiger partial charge in [-0.05, 0) is 18.9 Å². The first-order chi connectivity index (χ1) is 5.88. The van der Waals surface area contributed by atoms with Gasteiger partial charge in [-0.25, -0.2) is 4.98 Å². The molecule has 2 rings (SSSR count). The van der Waals surface area contributed by atoms with E-state index in [0.717, 1.165) is 19.0 Å². The Morgan fingerprint density at radius 2 is 2.50 bits per heavy atom. The van der Waals surface area contributed by atoms with Crippen LogP contribution in [0.4, 0.5) is 0 Å². The normalized spacial score (nSPS) is 30.4. The van der Waals surface area contributed by atoms with Gasteiger partial charge in [0.1, 0.15) is 0 Å². The third-order valence-electron chi connectivity index (χ3n) is 2.69. The zero-order chi connectivity index (χ0) is 8.39. The van der Waals surface area contributed by atoms with Crippen molar-refractivity contribution >= 4 is 0 Å². The van der Waals surface area contributed by atoms with Gasteiger partial charge in [-0.2, -0.15) is 0 Å². The molecule has 2 unspecified atom stereocenters. The van der Waals surface area contributed by atoms with Gasteiger partial charge < -0.3 is 9.88 Å². The molecule has 3 heteroatoms. The quantitative estimate of drug-likeness (QED) is 0.674. The smallest absolute Gasteiger partial charge is 0.0949 e. The molecule has 0 aromatic carbocycles. The lowest BCUT2D eigenvalue weighted by molar-refractivity contribution is 0.274. The second-order valence-electron chi connectivity index (χ2n) is 3.55. The highest BCUT2D eigenvalue weighted by atomic mass is 15.1. The van der Waals surface area contributed by atoms with Gasteiger partial charge in [0, 0.05) is 25.0 Å². The SMILES string of the molecule is CC1CCNCC1n1ccnc1. The van der Waals surface area contributed by atoms with Crippen LogP contribution in [0.3, 0.4) is 0 Å². The topological polar surface area (TPSA) is 29.9 Å². The molecule has 3 nitrogen and oxygen atoms in total. The fourth-order valence-electron chi connectivity index (χ4n) is 1.84. The van der Waals surface area contributed by atoms with Gasteiger partial charge in [0.15, 0.2) is 0 Å². The maximum atomic E-state index is 4.07. The van der Waals surface area contributed by atoms with Crippen molar-refractivity contribution in [2.75, 3.05) is 13.1 Å². The largest absolute Gasteiger partial charge is 0.333 e. The average molecular weight is 165 g/mol. The van der Waals surface area contributed by atoms with Crippen LogP contribution >= 0.6 is 0 Å². The van der Waals surface area contributed by atoms with E-state index in [2.05, 4.69) is 21.8 Å². The third-order valence-corrected chi connectivity index (χ3v) is 2.69. The number of hydrogen-bond acceptors (Lipinski definition) is 2. The Morgan fingerprint density at radius 1 is 1.58 bits per heavy atom. The monoisotopic (exact) mass is 165 g/mol. The van der Waals surface area contributed by atoms with E-state index in [1.165, 1.54) is 6.42 Å². The first-order valence-corrected chi connectivity index (χ1v) is 4.56. The van der Waals surface area contributed by atoms with E-state index in [0.29, 0.717) is 6.04 Å². The molecule has 1 aliphatic rings. The summed E-state index contributed by atoms with van der Waals surface area (Å²) < 4.78 is 2.21. The maximum Gasteiger partial charge on any atom is 0.0949 e. The summed E-state index contributed by atoms with van der Waals surface area (Å²) in [5.74, 6) is 0.764. The lowest BCUT2D eigenvalue weighted by Crippen LogP contribution is -2.36. The summed E-state index contributed by atoms with van der Waals surface area (Å²) in [5, 5.41) is 3.40. The standard InChI is InChI=1S/C9H15N3/c1-8-2-3-10-6-9(8)12-5-4-11-7-12/h4-5,7-10H,2-3,6H2,1H3. The van der Waals surface area contributed by atoms with Gasteiger partial charge in [0.25, 0.3) is 0 Å². The van der Waals surface area contributed by atoms with Crippen molar-refractivity contribution in [3.05, 3.63) is 18.7 Å². The Kier molecular flexibility index (Phi) is 2.13. The Balaban J connectivity index is 2.11. The van der Waals surface area contributed by atoms with Crippen LogP contribution in [-0.4, -0.2) is 22.6 Å². The number of nitrogens with one attached hydrogen (secondary N) is 1. The molecule has 0 saturated carbocycles. The van der Waals surface area contributed by atoms with E-state index in [1.807, 2.05) is 18.7 Å². The summed E-state index contributed by atoms with van der Waals surface area (Å²) in [5.41, 5.74) is 0. The zero-order valence-corrected chi connectivity index (χ0v) is 7.40. The molecule has 1 aromatic rings. The van der Waals surface area contributed by atoms with Crippen molar-refractivity contribution in [1.29, 1.82) is 0 Å². The Hall–Kier alpha value is -0.830. The van der Waals surface area contributed by atoms with Crippen molar-refractivity contribution in [1.82, 2.24) is 14.9 Å². The molecular formula is C9H15N3. The molecular weight excluding hydrogens is 150 g/mol. The van der Waals surface area contributed by atoms with E-state index >= 15 is 0 Å². The van der Waals surface area contributed by atoms with Gasteiger partial charge in [0.2, 0.25) is 0 Å². The highest BCUT2D eigenvalue weighted by Gasteiger charge is 2.21. The van der Waals surface area contributed by atoms with Gasteiger partial charge in [-0.1, -0.05) is 6.92 Å². The molecule has 0 amide bonds. The third kappa shape index (κ3) is 1.37. The van der Waals surface area contributed by atoms with Crippen LogP contribution in [0.1, 0.15) is 19.4 Å². The number of nitrogens with zero attached hydrogens (tertiary/aromatic N) is 2. The van der Waals surface area contributed by atoms with Crippen LogP contribution in [0.2, 0.25) is 0 Å². The molecule has 1 fully saturated rings.